The first-order valence-corrected chi connectivity index (χ1v) is 8.71. The van der Waals surface area contributed by atoms with Gasteiger partial charge < -0.3 is 9.73 Å². The van der Waals surface area contributed by atoms with E-state index in [2.05, 4.69) is 61.2 Å². The van der Waals surface area contributed by atoms with E-state index in [0.29, 0.717) is 5.89 Å². The molecule has 0 radical (unpaired) electrons. The Bertz CT molecular complexity index is 842. The summed E-state index contributed by atoms with van der Waals surface area (Å²) in [5, 5.41) is 6.19. The van der Waals surface area contributed by atoms with E-state index in [9.17, 15) is 0 Å². The third kappa shape index (κ3) is 3.92. The maximum atomic E-state index is 5.79. The van der Waals surface area contributed by atoms with E-state index >= 15 is 0 Å². The number of oxazole rings is 1. The number of benzene rings is 1. The molecule has 0 spiro atoms. The molecular weight excluding hydrogens is 318 g/mol. The van der Waals surface area contributed by atoms with Gasteiger partial charge in [0.25, 0.3) is 0 Å². The highest BCUT2D eigenvalue weighted by molar-refractivity contribution is 7.13. The van der Waals surface area contributed by atoms with Gasteiger partial charge in [-0.25, -0.2) is 9.97 Å². The van der Waals surface area contributed by atoms with Crippen molar-refractivity contribution in [1.82, 2.24) is 9.97 Å². The zero-order valence-corrected chi connectivity index (χ0v) is 15.1. The zero-order valence-electron chi connectivity index (χ0n) is 14.3. The molecule has 0 fully saturated rings. The number of thiazole rings is 1. The van der Waals surface area contributed by atoms with Crippen LogP contribution in [0.3, 0.4) is 0 Å². The Morgan fingerprint density at radius 2 is 2.00 bits per heavy atom. The van der Waals surface area contributed by atoms with Crippen LogP contribution in [-0.4, -0.2) is 9.97 Å². The minimum absolute atomic E-state index is 0.0340. The summed E-state index contributed by atoms with van der Waals surface area (Å²) < 4.78 is 5.79. The maximum Gasteiger partial charge on any atom is 0.218 e. The summed E-state index contributed by atoms with van der Waals surface area (Å²) in [6.45, 7) is 8.40. The van der Waals surface area contributed by atoms with Gasteiger partial charge in [0.1, 0.15) is 5.76 Å². The van der Waals surface area contributed by atoms with Gasteiger partial charge in [0.15, 0.2) is 5.13 Å². The number of anilines is 2. The van der Waals surface area contributed by atoms with Crippen molar-refractivity contribution in [1.29, 1.82) is 0 Å². The minimum atomic E-state index is -0.0340. The number of hydrogen-bond donors (Lipinski definition) is 1. The van der Waals surface area contributed by atoms with Crippen LogP contribution in [0.2, 0.25) is 0 Å². The quantitative estimate of drug-likeness (QED) is 0.667. The van der Waals surface area contributed by atoms with E-state index in [0.717, 1.165) is 22.1 Å². The number of nitrogens with one attached hydrogen (secondary N) is 1. The molecule has 0 bridgehead atoms. The molecule has 1 aromatic carbocycles. The van der Waals surface area contributed by atoms with Crippen LogP contribution >= 0.6 is 11.3 Å². The largest absolute Gasteiger partial charge is 0.441 e. The highest BCUT2D eigenvalue weighted by atomic mass is 32.1. The van der Waals surface area contributed by atoms with Crippen molar-refractivity contribution in [2.24, 2.45) is 0 Å². The van der Waals surface area contributed by atoms with E-state index in [4.69, 9.17) is 4.42 Å². The Balaban J connectivity index is 1.78. The molecule has 1 N–H and O–H groups in total. The first-order valence-electron chi connectivity index (χ1n) is 7.83. The summed E-state index contributed by atoms with van der Waals surface area (Å²) in [5.74, 6) is 1.51. The summed E-state index contributed by atoms with van der Waals surface area (Å²) >= 11 is 1.58. The Morgan fingerprint density at radius 3 is 2.67 bits per heavy atom. The van der Waals surface area contributed by atoms with Crippen molar-refractivity contribution in [3.05, 3.63) is 58.8 Å². The van der Waals surface area contributed by atoms with Crippen LogP contribution in [0.4, 0.5) is 10.8 Å². The van der Waals surface area contributed by atoms with E-state index in [1.54, 1.807) is 23.7 Å². The van der Waals surface area contributed by atoms with Crippen LogP contribution in [0.25, 0.3) is 12.2 Å². The molecular formula is C19H21N3OS. The van der Waals surface area contributed by atoms with Crippen molar-refractivity contribution < 1.29 is 4.42 Å². The summed E-state index contributed by atoms with van der Waals surface area (Å²) in [4.78, 5) is 8.59. The molecule has 0 aliphatic carbocycles. The van der Waals surface area contributed by atoms with Crippen molar-refractivity contribution in [3.63, 3.8) is 0 Å². The smallest absolute Gasteiger partial charge is 0.218 e. The lowest BCUT2D eigenvalue weighted by Gasteiger charge is -2.12. The van der Waals surface area contributed by atoms with Crippen molar-refractivity contribution in [3.8, 4) is 0 Å². The molecule has 0 atom stereocenters. The Labute approximate surface area is 146 Å². The normalized spacial score (nSPS) is 12.0. The predicted molar refractivity (Wildman–Crippen MR) is 101 cm³/mol. The molecule has 0 saturated heterocycles. The number of aromatic nitrogens is 2. The average molecular weight is 339 g/mol. The van der Waals surface area contributed by atoms with E-state index < -0.39 is 0 Å². The summed E-state index contributed by atoms with van der Waals surface area (Å²) in [6, 6.07) is 6.26. The first-order chi connectivity index (χ1) is 11.4. The van der Waals surface area contributed by atoms with Gasteiger partial charge in [-0.2, -0.15) is 0 Å². The van der Waals surface area contributed by atoms with Gasteiger partial charge in [-0.1, -0.05) is 32.9 Å². The lowest BCUT2D eigenvalue weighted by Crippen LogP contribution is -2.09. The predicted octanol–water partition coefficient (Wildman–Crippen LogP) is 5.65. The SMILES string of the molecule is Cc1ccc(/C=C/c2ncc(C(C)(C)C)o2)cc1Nc1nccs1. The second-order valence-electron chi connectivity index (χ2n) is 6.68. The van der Waals surface area contributed by atoms with Gasteiger partial charge >= 0.3 is 0 Å². The van der Waals surface area contributed by atoms with Crippen molar-refractivity contribution in [2.75, 3.05) is 5.32 Å². The van der Waals surface area contributed by atoms with Crippen LogP contribution in [0.1, 0.15) is 43.5 Å². The fourth-order valence-corrected chi connectivity index (χ4v) is 2.70. The fourth-order valence-electron chi connectivity index (χ4n) is 2.16. The minimum Gasteiger partial charge on any atom is -0.441 e. The summed E-state index contributed by atoms with van der Waals surface area (Å²) in [5.41, 5.74) is 3.27. The van der Waals surface area contributed by atoms with Crippen LogP contribution in [0.5, 0.6) is 0 Å². The van der Waals surface area contributed by atoms with Gasteiger partial charge in [0.05, 0.1) is 6.20 Å². The lowest BCUT2D eigenvalue weighted by atomic mass is 9.94. The van der Waals surface area contributed by atoms with Crippen LogP contribution < -0.4 is 5.32 Å². The highest BCUT2D eigenvalue weighted by Crippen LogP contribution is 2.25. The van der Waals surface area contributed by atoms with Crippen LogP contribution in [-0.2, 0) is 5.41 Å². The molecule has 0 aliphatic heterocycles. The van der Waals surface area contributed by atoms with Gasteiger partial charge in [-0.05, 0) is 30.2 Å². The number of rotatable bonds is 4. The molecule has 5 heteroatoms. The maximum absolute atomic E-state index is 5.79. The average Bonchev–Trinajstić information content (AvgIpc) is 3.19. The Hall–Kier alpha value is -2.40. The molecule has 2 heterocycles. The number of hydrogen-bond acceptors (Lipinski definition) is 5. The molecule has 0 aliphatic rings. The second-order valence-corrected chi connectivity index (χ2v) is 7.58. The molecule has 4 nitrogen and oxygen atoms in total. The standard InChI is InChI=1S/C19H21N3OS/c1-13-5-6-14(11-15(13)22-18-20-9-10-24-18)7-8-17-21-12-16(23-17)19(2,3)4/h5-12H,1-4H3,(H,20,22)/b8-7+. The van der Waals surface area contributed by atoms with E-state index in [-0.39, 0.29) is 5.41 Å². The Kier molecular flexibility index (Phi) is 4.53. The highest BCUT2D eigenvalue weighted by Gasteiger charge is 2.18. The van der Waals surface area contributed by atoms with Crippen molar-refractivity contribution >= 4 is 34.3 Å². The first kappa shape index (κ1) is 16.5. The molecule has 3 rings (SSSR count). The third-order valence-corrected chi connectivity index (χ3v) is 4.31. The van der Waals surface area contributed by atoms with Gasteiger partial charge in [-0.3, -0.25) is 0 Å². The van der Waals surface area contributed by atoms with Crippen LogP contribution in [0.15, 0.2) is 40.4 Å². The molecule has 2 aromatic heterocycles. The lowest BCUT2D eigenvalue weighted by molar-refractivity contribution is 0.403. The number of aryl methyl sites for hydroxylation is 1. The second kappa shape index (κ2) is 6.61. The van der Waals surface area contributed by atoms with Gasteiger partial charge in [0, 0.05) is 28.8 Å². The zero-order chi connectivity index (χ0) is 17.2. The van der Waals surface area contributed by atoms with Crippen molar-refractivity contribution in [2.45, 2.75) is 33.1 Å². The third-order valence-electron chi connectivity index (χ3n) is 3.62. The molecule has 0 saturated carbocycles. The molecule has 124 valence electrons. The topological polar surface area (TPSA) is 51.0 Å². The number of nitrogens with zero attached hydrogens (tertiary/aromatic N) is 2. The molecule has 0 amide bonds. The van der Waals surface area contributed by atoms with Crippen LogP contribution in [0, 0.1) is 6.92 Å². The Morgan fingerprint density at radius 1 is 1.17 bits per heavy atom. The monoisotopic (exact) mass is 339 g/mol. The summed E-state index contributed by atoms with van der Waals surface area (Å²) in [6.07, 6.45) is 7.49. The molecule has 3 aromatic rings. The van der Waals surface area contributed by atoms with E-state index in [1.807, 2.05) is 17.5 Å². The van der Waals surface area contributed by atoms with Gasteiger partial charge in [0.2, 0.25) is 5.89 Å². The fraction of sp³-hybridized carbons (Fsp3) is 0.263. The molecule has 24 heavy (non-hydrogen) atoms. The van der Waals surface area contributed by atoms with E-state index in [1.165, 1.54) is 5.56 Å². The molecule has 0 unspecified atom stereocenters. The van der Waals surface area contributed by atoms with Gasteiger partial charge in [-0.15, -0.1) is 11.3 Å². The summed E-state index contributed by atoms with van der Waals surface area (Å²) in [7, 11) is 0.